The van der Waals surface area contributed by atoms with E-state index in [0.29, 0.717) is 5.56 Å². The van der Waals surface area contributed by atoms with Gasteiger partial charge in [0.15, 0.2) is 0 Å². The molecule has 1 rings (SSSR count). The van der Waals surface area contributed by atoms with Crippen LogP contribution in [0.25, 0.3) is 0 Å². The highest BCUT2D eigenvalue weighted by molar-refractivity contribution is 7.89. The molecule has 0 bridgehead atoms. The van der Waals surface area contributed by atoms with Gasteiger partial charge < -0.3 is 5.73 Å². The van der Waals surface area contributed by atoms with E-state index in [4.69, 9.17) is 5.73 Å². The molecular formula is C9H13FN2O2S. The molecule has 2 N–H and O–H groups in total. The van der Waals surface area contributed by atoms with Crippen LogP contribution in [-0.2, 0) is 16.6 Å². The van der Waals surface area contributed by atoms with E-state index in [9.17, 15) is 12.8 Å². The maximum absolute atomic E-state index is 13.3. The molecule has 0 aliphatic heterocycles. The van der Waals surface area contributed by atoms with Gasteiger partial charge in [0.05, 0.1) is 0 Å². The zero-order chi connectivity index (χ0) is 11.6. The molecule has 0 spiro atoms. The van der Waals surface area contributed by atoms with Crippen LogP contribution in [-0.4, -0.2) is 26.8 Å². The number of nitrogens with zero attached hydrogens (tertiary/aromatic N) is 1. The molecule has 1 aromatic carbocycles. The Balaban J connectivity index is 3.37. The number of hydrogen-bond donors (Lipinski definition) is 1. The normalized spacial score (nSPS) is 12.1. The van der Waals surface area contributed by atoms with Gasteiger partial charge in [0.25, 0.3) is 0 Å². The van der Waals surface area contributed by atoms with E-state index in [1.807, 2.05) is 0 Å². The van der Waals surface area contributed by atoms with Gasteiger partial charge in [-0.15, -0.1) is 0 Å². The highest BCUT2D eigenvalue weighted by atomic mass is 32.2. The molecule has 0 heterocycles. The van der Waals surface area contributed by atoms with Gasteiger partial charge in [0.2, 0.25) is 10.0 Å². The summed E-state index contributed by atoms with van der Waals surface area (Å²) in [4.78, 5) is -0.338. The Morgan fingerprint density at radius 2 is 2.00 bits per heavy atom. The van der Waals surface area contributed by atoms with Crippen molar-refractivity contribution in [1.82, 2.24) is 4.31 Å². The molecule has 0 aliphatic carbocycles. The zero-order valence-electron chi connectivity index (χ0n) is 8.57. The van der Waals surface area contributed by atoms with E-state index in [0.717, 1.165) is 10.4 Å². The molecule has 1 aromatic rings. The maximum Gasteiger partial charge on any atom is 0.245 e. The lowest BCUT2D eigenvalue weighted by Gasteiger charge is -2.12. The van der Waals surface area contributed by atoms with Crippen molar-refractivity contribution in [2.75, 3.05) is 14.1 Å². The van der Waals surface area contributed by atoms with Gasteiger partial charge in [0, 0.05) is 20.6 Å². The van der Waals surface area contributed by atoms with E-state index < -0.39 is 15.8 Å². The molecule has 0 atom stereocenters. The summed E-state index contributed by atoms with van der Waals surface area (Å²) in [6, 6.07) is 3.83. The molecular weight excluding hydrogens is 219 g/mol. The Morgan fingerprint density at radius 3 is 2.47 bits per heavy atom. The van der Waals surface area contributed by atoms with E-state index in [1.54, 1.807) is 0 Å². The predicted molar refractivity (Wildman–Crippen MR) is 55.2 cm³/mol. The maximum atomic E-state index is 13.3. The first kappa shape index (κ1) is 12.1. The molecule has 0 fully saturated rings. The summed E-state index contributed by atoms with van der Waals surface area (Å²) in [5.41, 5.74) is 5.94. The van der Waals surface area contributed by atoms with Crippen LogP contribution in [0.3, 0.4) is 0 Å². The number of benzene rings is 1. The first-order valence-electron chi connectivity index (χ1n) is 4.30. The molecule has 0 unspecified atom stereocenters. The largest absolute Gasteiger partial charge is 0.326 e. The van der Waals surface area contributed by atoms with Crippen LogP contribution in [0.5, 0.6) is 0 Å². The summed E-state index contributed by atoms with van der Waals surface area (Å²) in [6.45, 7) is 0.177. The van der Waals surface area contributed by atoms with Crippen LogP contribution < -0.4 is 5.73 Å². The fourth-order valence-electron chi connectivity index (χ4n) is 1.07. The van der Waals surface area contributed by atoms with Crippen molar-refractivity contribution >= 4 is 10.0 Å². The molecule has 84 valence electrons. The van der Waals surface area contributed by atoms with Gasteiger partial charge >= 0.3 is 0 Å². The van der Waals surface area contributed by atoms with Crippen molar-refractivity contribution in [2.24, 2.45) is 5.73 Å². The standard InChI is InChI=1S/C9H13FN2O2S/c1-12(2)15(13,14)9-5-7(6-11)3-4-8(9)10/h3-5H,6,11H2,1-2H3. The quantitative estimate of drug-likeness (QED) is 0.827. The van der Waals surface area contributed by atoms with Crippen molar-refractivity contribution < 1.29 is 12.8 Å². The first-order valence-corrected chi connectivity index (χ1v) is 5.74. The van der Waals surface area contributed by atoms with Gasteiger partial charge in [-0.25, -0.2) is 17.1 Å². The fourth-order valence-corrected chi connectivity index (χ4v) is 2.08. The summed E-state index contributed by atoms with van der Waals surface area (Å²) >= 11 is 0. The van der Waals surface area contributed by atoms with Gasteiger partial charge in [-0.1, -0.05) is 6.07 Å². The Labute approximate surface area is 88.6 Å². The Morgan fingerprint density at radius 1 is 1.40 bits per heavy atom. The van der Waals surface area contributed by atoms with E-state index in [2.05, 4.69) is 0 Å². The lowest BCUT2D eigenvalue weighted by atomic mass is 10.2. The summed E-state index contributed by atoms with van der Waals surface area (Å²) in [5, 5.41) is 0. The van der Waals surface area contributed by atoms with Crippen molar-refractivity contribution in [2.45, 2.75) is 11.4 Å². The second-order valence-electron chi connectivity index (χ2n) is 3.26. The molecule has 0 saturated heterocycles. The minimum absolute atomic E-state index is 0.177. The number of hydrogen-bond acceptors (Lipinski definition) is 3. The summed E-state index contributed by atoms with van der Waals surface area (Å²) < 4.78 is 37.6. The molecule has 0 radical (unpaired) electrons. The third kappa shape index (κ3) is 2.34. The average molecular weight is 232 g/mol. The van der Waals surface area contributed by atoms with Crippen LogP contribution in [0, 0.1) is 5.82 Å². The number of nitrogens with two attached hydrogens (primary N) is 1. The molecule has 0 saturated carbocycles. The molecule has 0 aromatic heterocycles. The third-order valence-electron chi connectivity index (χ3n) is 1.99. The minimum atomic E-state index is -3.74. The fraction of sp³-hybridized carbons (Fsp3) is 0.333. The van der Waals surface area contributed by atoms with Crippen LogP contribution in [0.1, 0.15) is 5.56 Å². The minimum Gasteiger partial charge on any atom is -0.326 e. The lowest BCUT2D eigenvalue weighted by molar-refractivity contribution is 0.507. The summed E-state index contributed by atoms with van der Waals surface area (Å²) in [5.74, 6) is -0.763. The van der Waals surface area contributed by atoms with Gasteiger partial charge in [-0.2, -0.15) is 0 Å². The van der Waals surface area contributed by atoms with Crippen molar-refractivity contribution in [3.05, 3.63) is 29.6 Å². The lowest BCUT2D eigenvalue weighted by Crippen LogP contribution is -2.23. The highest BCUT2D eigenvalue weighted by Crippen LogP contribution is 2.18. The Kier molecular flexibility index (Phi) is 3.43. The smallest absolute Gasteiger partial charge is 0.245 e. The van der Waals surface area contributed by atoms with Crippen molar-refractivity contribution in [1.29, 1.82) is 0 Å². The second-order valence-corrected chi connectivity index (χ2v) is 5.38. The molecule has 15 heavy (non-hydrogen) atoms. The second kappa shape index (κ2) is 4.26. The van der Waals surface area contributed by atoms with Gasteiger partial charge in [-0.05, 0) is 17.7 Å². The Bertz CT molecular complexity index is 457. The molecule has 4 nitrogen and oxygen atoms in total. The summed E-state index contributed by atoms with van der Waals surface area (Å²) in [7, 11) is -1.04. The van der Waals surface area contributed by atoms with Crippen LogP contribution in [0.4, 0.5) is 4.39 Å². The first-order chi connectivity index (χ1) is 6.89. The van der Waals surface area contributed by atoms with E-state index in [1.165, 1.54) is 26.2 Å². The SMILES string of the molecule is CN(C)S(=O)(=O)c1cc(CN)ccc1F. The zero-order valence-corrected chi connectivity index (χ0v) is 9.38. The monoisotopic (exact) mass is 232 g/mol. The average Bonchev–Trinajstić information content (AvgIpc) is 2.18. The van der Waals surface area contributed by atoms with Crippen LogP contribution in [0.2, 0.25) is 0 Å². The number of halogens is 1. The third-order valence-corrected chi connectivity index (χ3v) is 3.82. The molecule has 6 heteroatoms. The predicted octanol–water partition coefficient (Wildman–Crippen LogP) is 0.535. The Hall–Kier alpha value is -0.980. The van der Waals surface area contributed by atoms with E-state index in [-0.39, 0.29) is 11.4 Å². The topological polar surface area (TPSA) is 63.4 Å². The van der Waals surface area contributed by atoms with E-state index >= 15 is 0 Å². The highest BCUT2D eigenvalue weighted by Gasteiger charge is 2.21. The number of sulfonamides is 1. The van der Waals surface area contributed by atoms with Crippen LogP contribution in [0.15, 0.2) is 23.1 Å². The summed E-state index contributed by atoms with van der Waals surface area (Å²) in [6.07, 6.45) is 0. The van der Waals surface area contributed by atoms with Gasteiger partial charge in [-0.3, -0.25) is 0 Å². The van der Waals surface area contributed by atoms with Crippen LogP contribution >= 0.6 is 0 Å². The molecule has 0 aliphatic rings. The molecule has 0 amide bonds. The van der Waals surface area contributed by atoms with Crippen molar-refractivity contribution in [3.63, 3.8) is 0 Å². The van der Waals surface area contributed by atoms with Gasteiger partial charge in [0.1, 0.15) is 10.7 Å². The van der Waals surface area contributed by atoms with Crippen molar-refractivity contribution in [3.8, 4) is 0 Å². The number of rotatable bonds is 3.